The molecule has 0 radical (unpaired) electrons. The maximum atomic E-state index is 11.7. The van der Waals surface area contributed by atoms with E-state index in [4.69, 9.17) is 9.47 Å². The molecule has 0 fully saturated rings. The highest BCUT2D eigenvalue weighted by Gasteiger charge is 2.32. The highest BCUT2D eigenvalue weighted by atomic mass is 16.6. The van der Waals surface area contributed by atoms with Crippen LogP contribution in [0.4, 0.5) is 4.79 Å². The number of hydrogen-bond acceptors (Lipinski definition) is 6. The predicted molar refractivity (Wildman–Crippen MR) is 71.0 cm³/mol. The monoisotopic (exact) mass is 289 g/mol. The molecular weight excluding hydrogens is 266 g/mol. The van der Waals surface area contributed by atoms with Crippen LogP contribution < -0.4 is 5.32 Å². The Balaban J connectivity index is 4.77. The molecule has 0 aliphatic heterocycles. The third kappa shape index (κ3) is 6.96. The zero-order valence-corrected chi connectivity index (χ0v) is 12.8. The lowest BCUT2D eigenvalue weighted by molar-refractivity contribution is -0.155. The van der Waals surface area contributed by atoms with Crippen LogP contribution in [0.3, 0.4) is 0 Å². The quantitative estimate of drug-likeness (QED) is 0.607. The topological polar surface area (TPSA) is 90.9 Å². The Bertz CT molecular complexity index is 360. The fourth-order valence-electron chi connectivity index (χ4n) is 1.29. The number of ether oxygens (including phenoxy) is 3. The van der Waals surface area contributed by atoms with Crippen molar-refractivity contribution in [3.63, 3.8) is 0 Å². The summed E-state index contributed by atoms with van der Waals surface area (Å²) >= 11 is 0. The number of hydrogen-bond donors (Lipinski definition) is 1. The van der Waals surface area contributed by atoms with Crippen molar-refractivity contribution < 1.29 is 28.6 Å². The van der Waals surface area contributed by atoms with Crippen molar-refractivity contribution >= 4 is 18.0 Å². The van der Waals surface area contributed by atoms with E-state index in [0.29, 0.717) is 0 Å². The van der Waals surface area contributed by atoms with E-state index >= 15 is 0 Å². The fraction of sp³-hybridized carbons (Fsp3) is 0.769. The van der Waals surface area contributed by atoms with Gasteiger partial charge < -0.3 is 19.5 Å². The number of carbonyl (C=O) groups excluding carboxylic acids is 3. The molecule has 0 bridgehead atoms. The van der Waals surface area contributed by atoms with Gasteiger partial charge in [-0.15, -0.1) is 0 Å². The minimum Gasteiger partial charge on any atom is -0.467 e. The summed E-state index contributed by atoms with van der Waals surface area (Å²) in [7, 11) is 1.18. The van der Waals surface area contributed by atoms with E-state index in [9.17, 15) is 14.4 Å². The average Bonchev–Trinajstić information content (AvgIpc) is 2.32. The Morgan fingerprint density at radius 2 is 1.75 bits per heavy atom. The largest absolute Gasteiger partial charge is 0.467 e. The summed E-state index contributed by atoms with van der Waals surface area (Å²) in [6, 6.07) is -1.12. The van der Waals surface area contributed by atoms with Crippen molar-refractivity contribution in [2.24, 2.45) is 0 Å². The molecule has 1 N–H and O–H groups in total. The van der Waals surface area contributed by atoms with Crippen molar-refractivity contribution in [2.45, 2.75) is 58.8 Å². The number of nitrogens with one attached hydrogen (secondary N) is 1. The summed E-state index contributed by atoms with van der Waals surface area (Å²) < 4.78 is 14.6. The SMILES string of the molecule is CCC(=O)OC(C)C(NC(=O)OC(C)(C)C)C(=O)OC. The van der Waals surface area contributed by atoms with Gasteiger partial charge in [-0.25, -0.2) is 9.59 Å². The first-order valence-electron chi connectivity index (χ1n) is 6.37. The van der Waals surface area contributed by atoms with E-state index in [1.54, 1.807) is 27.7 Å². The lowest BCUT2D eigenvalue weighted by Gasteiger charge is -2.25. The Hall–Kier alpha value is -1.79. The summed E-state index contributed by atoms with van der Waals surface area (Å²) in [5, 5.41) is 2.34. The molecule has 20 heavy (non-hydrogen) atoms. The lowest BCUT2D eigenvalue weighted by Crippen LogP contribution is -2.51. The molecule has 0 spiro atoms. The number of rotatable bonds is 5. The van der Waals surface area contributed by atoms with E-state index in [-0.39, 0.29) is 6.42 Å². The minimum atomic E-state index is -1.12. The molecule has 0 heterocycles. The van der Waals surface area contributed by atoms with Crippen molar-refractivity contribution in [2.75, 3.05) is 7.11 Å². The van der Waals surface area contributed by atoms with Gasteiger partial charge in [-0.05, 0) is 27.7 Å². The zero-order chi connectivity index (χ0) is 15.9. The molecule has 0 aromatic heterocycles. The molecule has 0 aliphatic rings. The first-order chi connectivity index (χ1) is 9.10. The number of methoxy groups -OCH3 is 1. The van der Waals surface area contributed by atoms with Gasteiger partial charge in [0.2, 0.25) is 0 Å². The Morgan fingerprint density at radius 3 is 2.15 bits per heavy atom. The van der Waals surface area contributed by atoms with Crippen LogP contribution in [0.15, 0.2) is 0 Å². The Labute approximate surface area is 118 Å². The number of carbonyl (C=O) groups is 3. The second-order valence-electron chi connectivity index (χ2n) is 5.20. The highest BCUT2D eigenvalue weighted by molar-refractivity contribution is 5.82. The highest BCUT2D eigenvalue weighted by Crippen LogP contribution is 2.09. The normalized spacial score (nSPS) is 13.9. The van der Waals surface area contributed by atoms with Gasteiger partial charge in [0.15, 0.2) is 6.04 Å². The molecule has 2 atom stereocenters. The van der Waals surface area contributed by atoms with Crippen LogP contribution in [0.2, 0.25) is 0 Å². The van der Waals surface area contributed by atoms with Crippen LogP contribution in [0.5, 0.6) is 0 Å². The molecule has 7 heteroatoms. The van der Waals surface area contributed by atoms with Crippen molar-refractivity contribution in [3.05, 3.63) is 0 Å². The second-order valence-corrected chi connectivity index (χ2v) is 5.20. The molecule has 0 saturated carbocycles. The van der Waals surface area contributed by atoms with Crippen LogP contribution in [-0.4, -0.2) is 42.9 Å². The summed E-state index contributed by atoms with van der Waals surface area (Å²) in [6.45, 7) is 8.21. The minimum absolute atomic E-state index is 0.171. The maximum Gasteiger partial charge on any atom is 0.408 e. The van der Waals surface area contributed by atoms with E-state index in [1.807, 2.05) is 0 Å². The maximum absolute atomic E-state index is 11.7. The zero-order valence-electron chi connectivity index (χ0n) is 12.8. The first-order valence-corrected chi connectivity index (χ1v) is 6.37. The van der Waals surface area contributed by atoms with Gasteiger partial charge >= 0.3 is 18.0 Å². The van der Waals surface area contributed by atoms with Gasteiger partial charge in [0.1, 0.15) is 11.7 Å². The summed E-state index contributed by atoms with van der Waals surface area (Å²) in [5.41, 5.74) is -0.700. The standard InChI is InChI=1S/C13H23NO6/c1-7-9(15)19-8(2)10(11(16)18-6)14-12(17)20-13(3,4)5/h8,10H,7H2,1-6H3,(H,14,17). The van der Waals surface area contributed by atoms with Gasteiger partial charge in [0.25, 0.3) is 0 Å². The van der Waals surface area contributed by atoms with Crippen LogP contribution >= 0.6 is 0 Å². The van der Waals surface area contributed by atoms with Gasteiger partial charge in [-0.1, -0.05) is 6.92 Å². The van der Waals surface area contributed by atoms with E-state index in [2.05, 4.69) is 10.1 Å². The predicted octanol–water partition coefficient (Wildman–Crippen LogP) is 1.39. The molecule has 0 aromatic carbocycles. The first kappa shape index (κ1) is 18.2. The number of alkyl carbamates (subject to hydrolysis) is 1. The van der Waals surface area contributed by atoms with Gasteiger partial charge in [0, 0.05) is 6.42 Å². The fourth-order valence-corrected chi connectivity index (χ4v) is 1.29. The third-order valence-corrected chi connectivity index (χ3v) is 2.20. The van der Waals surface area contributed by atoms with Gasteiger partial charge in [0.05, 0.1) is 7.11 Å². The molecule has 116 valence electrons. The van der Waals surface area contributed by atoms with Crippen molar-refractivity contribution in [1.82, 2.24) is 5.32 Å². The molecule has 7 nitrogen and oxygen atoms in total. The Kier molecular flexibility index (Phi) is 7.02. The number of amides is 1. The van der Waals surface area contributed by atoms with Gasteiger partial charge in [-0.3, -0.25) is 4.79 Å². The molecule has 0 aromatic rings. The second kappa shape index (κ2) is 7.72. The lowest BCUT2D eigenvalue weighted by atomic mass is 10.2. The summed E-state index contributed by atoms with van der Waals surface area (Å²) in [6.07, 6.45) is -1.47. The van der Waals surface area contributed by atoms with Crippen LogP contribution in [0, 0.1) is 0 Å². The third-order valence-electron chi connectivity index (χ3n) is 2.20. The van der Waals surface area contributed by atoms with Crippen LogP contribution in [-0.2, 0) is 23.8 Å². The molecule has 0 saturated heterocycles. The Morgan fingerprint density at radius 1 is 1.20 bits per heavy atom. The van der Waals surface area contributed by atoms with E-state index < -0.39 is 35.8 Å². The van der Waals surface area contributed by atoms with E-state index in [1.165, 1.54) is 14.0 Å². The van der Waals surface area contributed by atoms with Crippen molar-refractivity contribution in [1.29, 1.82) is 0 Å². The van der Waals surface area contributed by atoms with Gasteiger partial charge in [-0.2, -0.15) is 0 Å². The summed E-state index contributed by atoms with van der Waals surface area (Å²) in [5.74, 6) is -1.19. The molecular formula is C13H23NO6. The molecule has 0 rings (SSSR count). The number of esters is 2. The van der Waals surface area contributed by atoms with Crippen molar-refractivity contribution in [3.8, 4) is 0 Å². The van der Waals surface area contributed by atoms with Crippen LogP contribution in [0.1, 0.15) is 41.0 Å². The molecule has 0 aliphatic carbocycles. The van der Waals surface area contributed by atoms with E-state index in [0.717, 1.165) is 0 Å². The summed E-state index contributed by atoms with van der Waals surface area (Å²) in [4.78, 5) is 34.5. The average molecular weight is 289 g/mol. The smallest absolute Gasteiger partial charge is 0.408 e. The van der Waals surface area contributed by atoms with Crippen LogP contribution in [0.25, 0.3) is 0 Å². The molecule has 2 unspecified atom stereocenters. The molecule has 1 amide bonds.